The molecule has 0 aliphatic rings. The molecule has 1 amide bonds. The maximum atomic E-state index is 12.1. The van der Waals surface area contributed by atoms with Crippen LogP contribution in [-0.2, 0) is 9.53 Å². The third-order valence-corrected chi connectivity index (χ3v) is 3.07. The molecule has 0 saturated carbocycles. The number of alkyl halides is 3. The smallest absolute Gasteiger partial charge is 0.359 e. The third-order valence-electron chi connectivity index (χ3n) is 3.07. The summed E-state index contributed by atoms with van der Waals surface area (Å²) in [4.78, 5) is 11.5. The molecule has 0 spiro atoms. The Bertz CT molecular complexity index is 575. The van der Waals surface area contributed by atoms with Gasteiger partial charge in [-0.25, -0.2) is 0 Å². The van der Waals surface area contributed by atoms with E-state index in [9.17, 15) is 18.0 Å². The van der Waals surface area contributed by atoms with Crippen LogP contribution in [-0.4, -0.2) is 25.2 Å². The highest BCUT2D eigenvalue weighted by molar-refractivity contribution is 5.77. The first kappa shape index (κ1) is 17.0. The second-order valence-electron chi connectivity index (χ2n) is 4.90. The largest absolute Gasteiger partial charge is 0.405 e. The minimum Gasteiger partial charge on any atom is -0.359 e. The monoisotopic (exact) mass is 323 g/mol. The average Bonchev–Trinajstić information content (AvgIpc) is 2.54. The van der Waals surface area contributed by atoms with Crippen molar-refractivity contribution in [3.05, 3.63) is 71.8 Å². The minimum atomic E-state index is -4.44. The summed E-state index contributed by atoms with van der Waals surface area (Å²) in [5.41, 5.74) is 1.64. The van der Waals surface area contributed by atoms with Crippen molar-refractivity contribution in [3.8, 4) is 0 Å². The molecule has 0 aromatic heterocycles. The Balaban J connectivity index is 2.03. The van der Waals surface area contributed by atoms with Crippen molar-refractivity contribution < 1.29 is 22.7 Å². The Morgan fingerprint density at radius 2 is 1.43 bits per heavy atom. The van der Waals surface area contributed by atoms with Gasteiger partial charge < -0.3 is 10.1 Å². The second kappa shape index (κ2) is 7.78. The fraction of sp³-hybridized carbons (Fsp3) is 0.235. The molecule has 0 unspecified atom stereocenters. The average molecular weight is 323 g/mol. The van der Waals surface area contributed by atoms with E-state index < -0.39 is 31.3 Å². The summed E-state index contributed by atoms with van der Waals surface area (Å²) in [6, 6.07) is 18.4. The van der Waals surface area contributed by atoms with Crippen LogP contribution in [0.4, 0.5) is 13.2 Å². The maximum absolute atomic E-state index is 12.1. The zero-order chi connectivity index (χ0) is 16.7. The Kier molecular flexibility index (Phi) is 5.76. The van der Waals surface area contributed by atoms with Crippen LogP contribution < -0.4 is 5.32 Å². The summed E-state index contributed by atoms with van der Waals surface area (Å²) in [7, 11) is 0. The van der Waals surface area contributed by atoms with Gasteiger partial charge in [-0.15, -0.1) is 0 Å². The van der Waals surface area contributed by atoms with Crippen LogP contribution in [0.15, 0.2) is 60.7 Å². The van der Waals surface area contributed by atoms with Gasteiger partial charge in [0, 0.05) is 0 Å². The van der Waals surface area contributed by atoms with Crippen molar-refractivity contribution in [2.75, 3.05) is 13.2 Å². The van der Waals surface area contributed by atoms with E-state index in [0.717, 1.165) is 11.1 Å². The quantitative estimate of drug-likeness (QED) is 0.884. The van der Waals surface area contributed by atoms with Crippen molar-refractivity contribution in [1.82, 2.24) is 5.32 Å². The van der Waals surface area contributed by atoms with Crippen molar-refractivity contribution in [2.45, 2.75) is 12.3 Å². The number of amides is 1. The molecule has 0 bridgehead atoms. The predicted molar refractivity (Wildman–Crippen MR) is 79.7 cm³/mol. The normalized spacial score (nSPS) is 11.5. The van der Waals surface area contributed by atoms with E-state index >= 15 is 0 Å². The summed E-state index contributed by atoms with van der Waals surface area (Å²) >= 11 is 0. The molecule has 23 heavy (non-hydrogen) atoms. The highest BCUT2D eigenvalue weighted by Crippen LogP contribution is 2.25. The van der Waals surface area contributed by atoms with Gasteiger partial charge in [-0.2, -0.15) is 13.2 Å². The molecule has 122 valence electrons. The predicted octanol–water partition coefficient (Wildman–Crippen LogP) is 3.47. The van der Waals surface area contributed by atoms with Crippen molar-refractivity contribution in [1.29, 1.82) is 0 Å². The van der Waals surface area contributed by atoms with Crippen LogP contribution in [0.2, 0.25) is 0 Å². The zero-order valence-electron chi connectivity index (χ0n) is 12.2. The Morgan fingerprint density at radius 1 is 0.957 bits per heavy atom. The van der Waals surface area contributed by atoms with Crippen LogP contribution in [0, 0.1) is 0 Å². The molecule has 0 atom stereocenters. The number of carbonyl (C=O) groups excluding carboxylic acids is 1. The first-order valence-electron chi connectivity index (χ1n) is 7.00. The summed E-state index contributed by atoms with van der Waals surface area (Å²) in [6.07, 6.45) is -4.96. The molecule has 2 aromatic carbocycles. The molecule has 0 heterocycles. The number of halogens is 3. The Hall–Kier alpha value is -2.34. The van der Waals surface area contributed by atoms with Gasteiger partial charge in [0.05, 0.1) is 0 Å². The van der Waals surface area contributed by atoms with E-state index in [4.69, 9.17) is 4.74 Å². The first-order valence-corrected chi connectivity index (χ1v) is 7.00. The number of carbonyl (C=O) groups is 1. The number of benzene rings is 2. The lowest BCUT2D eigenvalue weighted by Crippen LogP contribution is -2.36. The van der Waals surface area contributed by atoms with Crippen LogP contribution in [0.25, 0.3) is 0 Å². The fourth-order valence-electron chi connectivity index (χ4n) is 2.05. The summed E-state index contributed by atoms with van der Waals surface area (Å²) < 4.78 is 41.8. The van der Waals surface area contributed by atoms with Gasteiger partial charge in [-0.05, 0) is 11.1 Å². The molecule has 0 aliphatic carbocycles. The van der Waals surface area contributed by atoms with Crippen molar-refractivity contribution in [3.63, 3.8) is 0 Å². The SMILES string of the molecule is O=C(COC(c1ccccc1)c1ccccc1)NCC(F)(F)F. The Labute approximate surface area is 132 Å². The Morgan fingerprint density at radius 3 is 1.87 bits per heavy atom. The lowest BCUT2D eigenvalue weighted by molar-refractivity contribution is -0.141. The minimum absolute atomic E-state index is 0.454. The molecule has 2 rings (SSSR count). The lowest BCUT2D eigenvalue weighted by Gasteiger charge is -2.19. The van der Waals surface area contributed by atoms with Crippen molar-refractivity contribution >= 4 is 5.91 Å². The standard InChI is InChI=1S/C17H16F3NO2/c18-17(19,20)12-21-15(22)11-23-16(13-7-3-1-4-8-13)14-9-5-2-6-10-14/h1-10,16H,11-12H2,(H,21,22). The molecule has 3 nitrogen and oxygen atoms in total. The molecule has 1 N–H and O–H groups in total. The fourth-order valence-corrected chi connectivity index (χ4v) is 2.05. The molecule has 2 aromatic rings. The summed E-state index contributed by atoms with van der Waals surface area (Å²) in [6.45, 7) is -1.82. The van der Waals surface area contributed by atoms with E-state index in [1.54, 1.807) is 5.32 Å². The summed E-state index contributed by atoms with van der Waals surface area (Å²) in [5.74, 6) is -0.806. The topological polar surface area (TPSA) is 38.3 Å². The van der Waals surface area contributed by atoms with E-state index in [1.807, 2.05) is 60.7 Å². The molecular formula is C17H16F3NO2. The molecule has 0 aliphatic heterocycles. The van der Waals surface area contributed by atoms with E-state index in [0.29, 0.717) is 0 Å². The zero-order valence-corrected chi connectivity index (χ0v) is 12.2. The molecular weight excluding hydrogens is 307 g/mol. The van der Waals surface area contributed by atoms with Gasteiger partial charge in [0.1, 0.15) is 19.3 Å². The highest BCUT2D eigenvalue weighted by atomic mass is 19.4. The highest BCUT2D eigenvalue weighted by Gasteiger charge is 2.27. The molecule has 0 saturated heterocycles. The van der Waals surface area contributed by atoms with Gasteiger partial charge in [-0.3, -0.25) is 4.79 Å². The second-order valence-corrected chi connectivity index (χ2v) is 4.90. The van der Waals surface area contributed by atoms with Gasteiger partial charge in [-0.1, -0.05) is 60.7 Å². The van der Waals surface area contributed by atoms with Gasteiger partial charge >= 0.3 is 6.18 Å². The number of nitrogens with one attached hydrogen (secondary N) is 1. The number of rotatable bonds is 6. The van der Waals surface area contributed by atoms with Crippen LogP contribution in [0.1, 0.15) is 17.2 Å². The van der Waals surface area contributed by atoms with E-state index in [-0.39, 0.29) is 0 Å². The molecule has 0 fully saturated rings. The van der Waals surface area contributed by atoms with Crippen molar-refractivity contribution in [2.24, 2.45) is 0 Å². The van der Waals surface area contributed by atoms with Gasteiger partial charge in [0.25, 0.3) is 0 Å². The molecule has 6 heteroatoms. The van der Waals surface area contributed by atoms with Gasteiger partial charge in [0.2, 0.25) is 5.91 Å². The van der Waals surface area contributed by atoms with Crippen LogP contribution >= 0.6 is 0 Å². The lowest BCUT2D eigenvalue weighted by atomic mass is 10.0. The van der Waals surface area contributed by atoms with E-state index in [2.05, 4.69) is 0 Å². The van der Waals surface area contributed by atoms with Crippen LogP contribution in [0.5, 0.6) is 0 Å². The van der Waals surface area contributed by atoms with E-state index in [1.165, 1.54) is 0 Å². The van der Waals surface area contributed by atoms with Crippen LogP contribution in [0.3, 0.4) is 0 Å². The number of ether oxygens (including phenoxy) is 1. The molecule has 0 radical (unpaired) electrons. The maximum Gasteiger partial charge on any atom is 0.405 e. The number of hydrogen-bond donors (Lipinski definition) is 1. The first-order chi connectivity index (χ1) is 11.0. The summed E-state index contributed by atoms with van der Waals surface area (Å²) in [5, 5.41) is 1.79. The van der Waals surface area contributed by atoms with Gasteiger partial charge in [0.15, 0.2) is 0 Å². The third kappa shape index (κ3) is 5.75. The number of hydrogen-bond acceptors (Lipinski definition) is 2.